The molecule has 5 heteroatoms. The normalized spacial score (nSPS) is 20.2. The summed E-state index contributed by atoms with van der Waals surface area (Å²) < 4.78 is 5.24. The van der Waals surface area contributed by atoms with E-state index in [4.69, 9.17) is 9.84 Å². The fraction of sp³-hybridized carbons (Fsp3) is 0.800. The molecule has 5 nitrogen and oxygen atoms in total. The standard InChI is InChI=1S/C10H17NO4/c1-2-5-11(7-9(12)13)10(14)8-4-3-6-15-8/h8H,2-7H2,1H3,(H,12,13)/t8-/m1/s1. The second-order valence-electron chi connectivity index (χ2n) is 3.66. The number of ether oxygens (including phenoxy) is 1. The molecule has 0 unspecified atom stereocenters. The van der Waals surface area contributed by atoms with E-state index in [1.54, 1.807) is 0 Å². The Morgan fingerprint density at radius 3 is 2.73 bits per heavy atom. The molecule has 0 spiro atoms. The summed E-state index contributed by atoms with van der Waals surface area (Å²) in [7, 11) is 0. The van der Waals surface area contributed by atoms with Crippen LogP contribution in [0.5, 0.6) is 0 Å². The highest BCUT2D eigenvalue weighted by atomic mass is 16.5. The van der Waals surface area contributed by atoms with Crippen molar-refractivity contribution in [3.05, 3.63) is 0 Å². The van der Waals surface area contributed by atoms with Crippen molar-refractivity contribution in [2.24, 2.45) is 0 Å². The zero-order valence-electron chi connectivity index (χ0n) is 8.94. The first-order valence-electron chi connectivity index (χ1n) is 5.27. The molecule has 1 amide bonds. The van der Waals surface area contributed by atoms with Gasteiger partial charge in [-0.15, -0.1) is 0 Å². The summed E-state index contributed by atoms with van der Waals surface area (Å²) in [4.78, 5) is 23.7. The van der Waals surface area contributed by atoms with Crippen molar-refractivity contribution in [2.45, 2.75) is 32.3 Å². The largest absolute Gasteiger partial charge is 0.480 e. The Hall–Kier alpha value is -1.10. The van der Waals surface area contributed by atoms with Crippen LogP contribution >= 0.6 is 0 Å². The first-order chi connectivity index (χ1) is 7.15. The molecule has 0 saturated carbocycles. The van der Waals surface area contributed by atoms with E-state index in [0.29, 0.717) is 19.6 Å². The molecule has 1 heterocycles. The van der Waals surface area contributed by atoms with Crippen LogP contribution < -0.4 is 0 Å². The van der Waals surface area contributed by atoms with Crippen LogP contribution in [0.25, 0.3) is 0 Å². The molecule has 86 valence electrons. The first kappa shape index (κ1) is 12.0. The Morgan fingerprint density at radius 1 is 1.53 bits per heavy atom. The molecule has 1 aliphatic rings. The first-order valence-corrected chi connectivity index (χ1v) is 5.27. The molecule has 0 aromatic carbocycles. The van der Waals surface area contributed by atoms with E-state index in [1.165, 1.54) is 4.90 Å². The Kier molecular flexibility index (Phi) is 4.55. The van der Waals surface area contributed by atoms with Gasteiger partial charge in [0.25, 0.3) is 5.91 Å². The summed E-state index contributed by atoms with van der Waals surface area (Å²) in [6, 6.07) is 0. The summed E-state index contributed by atoms with van der Waals surface area (Å²) in [5, 5.41) is 8.67. The molecule has 1 rings (SSSR count). The quantitative estimate of drug-likeness (QED) is 0.724. The van der Waals surface area contributed by atoms with Gasteiger partial charge in [0.15, 0.2) is 0 Å². The fourth-order valence-corrected chi connectivity index (χ4v) is 1.68. The third kappa shape index (κ3) is 3.51. The number of carbonyl (C=O) groups is 2. The van der Waals surface area contributed by atoms with Gasteiger partial charge >= 0.3 is 5.97 Å². The number of aliphatic carboxylic acids is 1. The SMILES string of the molecule is CCCN(CC(=O)O)C(=O)[C@H]1CCCO1. The van der Waals surface area contributed by atoms with E-state index in [2.05, 4.69) is 0 Å². The van der Waals surface area contributed by atoms with Gasteiger partial charge in [0, 0.05) is 13.2 Å². The van der Waals surface area contributed by atoms with Crippen molar-refractivity contribution in [2.75, 3.05) is 19.7 Å². The lowest BCUT2D eigenvalue weighted by Crippen LogP contribution is -2.42. The van der Waals surface area contributed by atoms with E-state index < -0.39 is 12.1 Å². The molecule has 1 saturated heterocycles. The average molecular weight is 215 g/mol. The number of hydrogen-bond donors (Lipinski definition) is 1. The number of carboxylic acid groups (broad SMARTS) is 1. The highest BCUT2D eigenvalue weighted by Gasteiger charge is 2.28. The van der Waals surface area contributed by atoms with Gasteiger partial charge in [-0.25, -0.2) is 0 Å². The number of carbonyl (C=O) groups excluding carboxylic acids is 1. The van der Waals surface area contributed by atoms with Crippen LogP contribution in [0.15, 0.2) is 0 Å². The third-order valence-electron chi connectivity index (χ3n) is 2.34. The van der Waals surface area contributed by atoms with Crippen LogP contribution in [0.1, 0.15) is 26.2 Å². The Balaban J connectivity index is 2.52. The van der Waals surface area contributed by atoms with Crippen LogP contribution in [0.4, 0.5) is 0 Å². The summed E-state index contributed by atoms with van der Waals surface area (Å²) >= 11 is 0. The summed E-state index contributed by atoms with van der Waals surface area (Å²) in [5.74, 6) is -1.16. The van der Waals surface area contributed by atoms with E-state index in [0.717, 1.165) is 12.8 Å². The molecule has 0 aromatic heterocycles. The minimum atomic E-state index is -0.977. The Morgan fingerprint density at radius 2 is 2.27 bits per heavy atom. The maximum absolute atomic E-state index is 11.8. The van der Waals surface area contributed by atoms with Crippen molar-refractivity contribution in [1.29, 1.82) is 0 Å². The lowest BCUT2D eigenvalue weighted by molar-refractivity contribution is -0.149. The minimum Gasteiger partial charge on any atom is -0.480 e. The average Bonchev–Trinajstić information content (AvgIpc) is 2.68. The number of amides is 1. The number of nitrogens with zero attached hydrogens (tertiary/aromatic N) is 1. The summed E-state index contributed by atoms with van der Waals surface area (Å²) in [6.45, 7) is 2.76. The number of rotatable bonds is 5. The van der Waals surface area contributed by atoms with Crippen LogP contribution in [-0.2, 0) is 14.3 Å². The van der Waals surface area contributed by atoms with Gasteiger partial charge in [-0.2, -0.15) is 0 Å². The third-order valence-corrected chi connectivity index (χ3v) is 2.34. The van der Waals surface area contributed by atoms with Gasteiger partial charge in [0.1, 0.15) is 12.6 Å². The van der Waals surface area contributed by atoms with Gasteiger partial charge in [-0.1, -0.05) is 6.92 Å². The molecule has 0 bridgehead atoms. The molecule has 0 radical (unpaired) electrons. The van der Waals surface area contributed by atoms with Gasteiger partial charge in [0.05, 0.1) is 0 Å². The monoisotopic (exact) mass is 215 g/mol. The van der Waals surface area contributed by atoms with Crippen LogP contribution in [-0.4, -0.2) is 47.7 Å². The van der Waals surface area contributed by atoms with E-state index in [1.807, 2.05) is 6.92 Å². The zero-order valence-corrected chi connectivity index (χ0v) is 8.94. The van der Waals surface area contributed by atoms with Crippen molar-refractivity contribution in [1.82, 2.24) is 4.90 Å². The Bertz CT molecular complexity index is 236. The Labute approximate surface area is 89.0 Å². The van der Waals surface area contributed by atoms with E-state index >= 15 is 0 Å². The lowest BCUT2D eigenvalue weighted by atomic mass is 10.2. The molecular formula is C10H17NO4. The van der Waals surface area contributed by atoms with Gasteiger partial charge < -0.3 is 14.7 Å². The topological polar surface area (TPSA) is 66.8 Å². The van der Waals surface area contributed by atoms with E-state index in [-0.39, 0.29) is 12.5 Å². The fourth-order valence-electron chi connectivity index (χ4n) is 1.68. The second kappa shape index (κ2) is 5.70. The van der Waals surface area contributed by atoms with Crippen molar-refractivity contribution in [3.8, 4) is 0 Å². The smallest absolute Gasteiger partial charge is 0.323 e. The molecule has 1 fully saturated rings. The lowest BCUT2D eigenvalue weighted by Gasteiger charge is -2.22. The molecule has 0 aliphatic carbocycles. The molecule has 1 aliphatic heterocycles. The predicted octanol–water partition coefficient (Wildman–Crippen LogP) is 0.489. The van der Waals surface area contributed by atoms with Gasteiger partial charge in [0.2, 0.25) is 0 Å². The van der Waals surface area contributed by atoms with Gasteiger partial charge in [-0.3, -0.25) is 9.59 Å². The summed E-state index contributed by atoms with van der Waals surface area (Å²) in [5.41, 5.74) is 0. The van der Waals surface area contributed by atoms with Crippen LogP contribution in [0, 0.1) is 0 Å². The molecule has 15 heavy (non-hydrogen) atoms. The molecule has 0 aromatic rings. The maximum atomic E-state index is 11.8. The zero-order chi connectivity index (χ0) is 11.3. The highest BCUT2D eigenvalue weighted by molar-refractivity contribution is 5.84. The van der Waals surface area contributed by atoms with Crippen LogP contribution in [0.3, 0.4) is 0 Å². The van der Waals surface area contributed by atoms with Crippen molar-refractivity contribution < 1.29 is 19.4 Å². The van der Waals surface area contributed by atoms with Crippen molar-refractivity contribution in [3.63, 3.8) is 0 Å². The predicted molar refractivity (Wildman–Crippen MR) is 53.5 cm³/mol. The van der Waals surface area contributed by atoms with E-state index in [9.17, 15) is 9.59 Å². The van der Waals surface area contributed by atoms with Crippen LogP contribution in [0.2, 0.25) is 0 Å². The number of carboxylic acids is 1. The highest BCUT2D eigenvalue weighted by Crippen LogP contribution is 2.14. The molecular weight excluding hydrogens is 198 g/mol. The second-order valence-corrected chi connectivity index (χ2v) is 3.66. The van der Waals surface area contributed by atoms with Crippen molar-refractivity contribution >= 4 is 11.9 Å². The maximum Gasteiger partial charge on any atom is 0.323 e. The number of hydrogen-bond acceptors (Lipinski definition) is 3. The summed E-state index contributed by atoms with van der Waals surface area (Å²) in [6.07, 6.45) is 1.92. The molecule has 1 atom stereocenters. The van der Waals surface area contributed by atoms with Gasteiger partial charge in [-0.05, 0) is 19.3 Å². The minimum absolute atomic E-state index is 0.184. The molecule has 1 N–H and O–H groups in total.